The van der Waals surface area contributed by atoms with Gasteiger partial charge >= 0.3 is 0 Å². The number of fused-ring (bicyclic) bond motifs is 1. The van der Waals surface area contributed by atoms with Crippen molar-refractivity contribution in [3.63, 3.8) is 0 Å². The van der Waals surface area contributed by atoms with E-state index in [2.05, 4.69) is 24.9 Å². The summed E-state index contributed by atoms with van der Waals surface area (Å²) in [6, 6.07) is 0.739. The van der Waals surface area contributed by atoms with Gasteiger partial charge in [-0.25, -0.2) is 0 Å². The molecule has 2 saturated carbocycles. The third-order valence-corrected chi connectivity index (χ3v) is 4.01. The minimum atomic E-state index is 0.739. The largest absolute Gasteiger partial charge is 0.313 e. The molecule has 1 nitrogen and oxygen atoms in total. The summed E-state index contributed by atoms with van der Waals surface area (Å²) in [6.45, 7) is 7.29. The Labute approximate surface area is 88.0 Å². The summed E-state index contributed by atoms with van der Waals surface area (Å²) in [5.74, 6) is 3.14. The van der Waals surface area contributed by atoms with E-state index in [0.717, 1.165) is 30.2 Å². The van der Waals surface area contributed by atoms with Gasteiger partial charge in [0.2, 0.25) is 0 Å². The zero-order valence-electron chi connectivity index (χ0n) is 9.34. The average Bonchev–Trinajstić information content (AvgIpc) is 2.68. The SMILES string of the molecule is C=CCC(NCCC)C1C2CCCC21. The summed E-state index contributed by atoms with van der Waals surface area (Å²) >= 11 is 0. The summed E-state index contributed by atoms with van der Waals surface area (Å²) in [4.78, 5) is 0. The van der Waals surface area contributed by atoms with Gasteiger partial charge in [0.25, 0.3) is 0 Å². The highest BCUT2D eigenvalue weighted by Crippen LogP contribution is 2.59. The third kappa shape index (κ3) is 1.88. The lowest BCUT2D eigenvalue weighted by molar-refractivity contribution is 0.408. The molecule has 14 heavy (non-hydrogen) atoms. The van der Waals surface area contributed by atoms with E-state index in [4.69, 9.17) is 0 Å². The Morgan fingerprint density at radius 1 is 1.43 bits per heavy atom. The molecule has 2 rings (SSSR count). The van der Waals surface area contributed by atoms with E-state index >= 15 is 0 Å². The van der Waals surface area contributed by atoms with Gasteiger partial charge in [-0.2, -0.15) is 0 Å². The maximum atomic E-state index is 3.87. The topological polar surface area (TPSA) is 12.0 Å². The van der Waals surface area contributed by atoms with Crippen molar-refractivity contribution < 1.29 is 0 Å². The molecular weight excluding hydrogens is 170 g/mol. The van der Waals surface area contributed by atoms with Crippen molar-refractivity contribution in [2.24, 2.45) is 17.8 Å². The van der Waals surface area contributed by atoms with E-state index < -0.39 is 0 Å². The molecule has 0 aromatic rings. The van der Waals surface area contributed by atoms with Gasteiger partial charge in [0.05, 0.1) is 0 Å². The second-order valence-electron chi connectivity index (χ2n) is 4.92. The van der Waals surface area contributed by atoms with Crippen LogP contribution in [0.5, 0.6) is 0 Å². The van der Waals surface area contributed by atoms with Crippen molar-refractivity contribution in [3.8, 4) is 0 Å². The van der Waals surface area contributed by atoms with E-state index in [0.29, 0.717) is 0 Å². The van der Waals surface area contributed by atoms with Crippen LogP contribution in [0.2, 0.25) is 0 Å². The highest BCUT2D eigenvalue weighted by atomic mass is 14.9. The Hall–Kier alpha value is -0.300. The molecular formula is C13H23N. The van der Waals surface area contributed by atoms with Crippen LogP contribution in [0.25, 0.3) is 0 Å². The van der Waals surface area contributed by atoms with Crippen molar-refractivity contribution in [2.75, 3.05) is 6.54 Å². The first kappa shape index (κ1) is 10.2. The Morgan fingerprint density at radius 3 is 2.71 bits per heavy atom. The summed E-state index contributed by atoms with van der Waals surface area (Å²) in [6.07, 6.45) is 8.97. The Bertz CT molecular complexity index is 189. The molecule has 0 aliphatic heterocycles. The molecule has 0 spiro atoms. The van der Waals surface area contributed by atoms with Crippen LogP contribution in [0.1, 0.15) is 39.0 Å². The maximum Gasteiger partial charge on any atom is 0.0135 e. The van der Waals surface area contributed by atoms with E-state index in [1.807, 2.05) is 0 Å². The molecule has 80 valence electrons. The molecule has 3 atom stereocenters. The number of rotatable bonds is 6. The molecule has 2 fully saturated rings. The van der Waals surface area contributed by atoms with Crippen molar-refractivity contribution in [2.45, 2.75) is 45.1 Å². The fraction of sp³-hybridized carbons (Fsp3) is 0.846. The van der Waals surface area contributed by atoms with Gasteiger partial charge in [-0.1, -0.05) is 19.4 Å². The average molecular weight is 193 g/mol. The van der Waals surface area contributed by atoms with E-state index in [-0.39, 0.29) is 0 Å². The lowest BCUT2D eigenvalue weighted by Gasteiger charge is -2.18. The second kappa shape index (κ2) is 4.48. The number of hydrogen-bond donors (Lipinski definition) is 1. The molecule has 0 bridgehead atoms. The minimum Gasteiger partial charge on any atom is -0.313 e. The van der Waals surface area contributed by atoms with Gasteiger partial charge in [0.15, 0.2) is 0 Å². The summed E-state index contributed by atoms with van der Waals surface area (Å²) in [7, 11) is 0. The van der Waals surface area contributed by atoms with Crippen LogP contribution in [-0.4, -0.2) is 12.6 Å². The van der Waals surface area contributed by atoms with Crippen molar-refractivity contribution in [1.29, 1.82) is 0 Å². The Balaban J connectivity index is 1.82. The summed E-state index contributed by atoms with van der Waals surface area (Å²) in [5, 5.41) is 3.69. The van der Waals surface area contributed by atoms with E-state index in [1.54, 1.807) is 0 Å². The lowest BCUT2D eigenvalue weighted by Crippen LogP contribution is -2.32. The second-order valence-corrected chi connectivity index (χ2v) is 4.92. The molecule has 2 aliphatic rings. The maximum absolute atomic E-state index is 3.87. The van der Waals surface area contributed by atoms with Gasteiger partial charge in [-0.05, 0) is 50.0 Å². The molecule has 0 amide bonds. The molecule has 0 aromatic carbocycles. The fourth-order valence-electron chi connectivity index (χ4n) is 3.36. The van der Waals surface area contributed by atoms with Crippen LogP contribution in [0, 0.1) is 17.8 Å². The van der Waals surface area contributed by atoms with Crippen molar-refractivity contribution in [3.05, 3.63) is 12.7 Å². The van der Waals surface area contributed by atoms with Gasteiger partial charge in [-0.3, -0.25) is 0 Å². The number of hydrogen-bond acceptors (Lipinski definition) is 1. The monoisotopic (exact) mass is 193 g/mol. The molecule has 0 heterocycles. The van der Waals surface area contributed by atoms with E-state index in [1.165, 1.54) is 32.2 Å². The van der Waals surface area contributed by atoms with Crippen LogP contribution in [0.15, 0.2) is 12.7 Å². The fourth-order valence-corrected chi connectivity index (χ4v) is 3.36. The van der Waals surface area contributed by atoms with Crippen LogP contribution in [-0.2, 0) is 0 Å². The first-order chi connectivity index (χ1) is 6.88. The van der Waals surface area contributed by atoms with E-state index in [9.17, 15) is 0 Å². The summed E-state index contributed by atoms with van der Waals surface area (Å²) in [5.41, 5.74) is 0. The van der Waals surface area contributed by atoms with Gasteiger partial charge in [-0.15, -0.1) is 6.58 Å². The predicted molar refractivity (Wildman–Crippen MR) is 61.2 cm³/mol. The van der Waals surface area contributed by atoms with Gasteiger partial charge < -0.3 is 5.32 Å². The first-order valence-corrected chi connectivity index (χ1v) is 6.22. The number of nitrogens with one attached hydrogen (secondary N) is 1. The van der Waals surface area contributed by atoms with Crippen molar-refractivity contribution >= 4 is 0 Å². The predicted octanol–water partition coefficient (Wildman–Crippen LogP) is 2.98. The molecule has 1 N–H and O–H groups in total. The zero-order valence-corrected chi connectivity index (χ0v) is 9.34. The zero-order chi connectivity index (χ0) is 9.97. The molecule has 3 unspecified atom stereocenters. The smallest absolute Gasteiger partial charge is 0.0135 e. The molecule has 0 aromatic heterocycles. The van der Waals surface area contributed by atoms with Gasteiger partial charge in [0.1, 0.15) is 0 Å². The normalized spacial score (nSPS) is 36.5. The van der Waals surface area contributed by atoms with Crippen LogP contribution in [0.3, 0.4) is 0 Å². The quantitative estimate of drug-likeness (QED) is 0.639. The first-order valence-electron chi connectivity index (χ1n) is 6.22. The lowest BCUT2D eigenvalue weighted by atomic mass is 10.0. The Morgan fingerprint density at radius 2 is 2.14 bits per heavy atom. The van der Waals surface area contributed by atoms with Crippen LogP contribution < -0.4 is 5.32 Å². The minimum absolute atomic E-state index is 0.739. The molecule has 2 aliphatic carbocycles. The highest BCUT2D eigenvalue weighted by Gasteiger charge is 2.55. The standard InChI is InChI=1S/C13H23N/c1-3-6-12(14-9-4-2)13-10-7-5-8-11(10)13/h3,10-14H,1,4-9H2,2H3. The van der Waals surface area contributed by atoms with Crippen LogP contribution >= 0.6 is 0 Å². The summed E-state index contributed by atoms with van der Waals surface area (Å²) < 4.78 is 0. The molecule has 0 saturated heterocycles. The van der Waals surface area contributed by atoms with Crippen molar-refractivity contribution in [1.82, 2.24) is 5.32 Å². The van der Waals surface area contributed by atoms with Gasteiger partial charge in [0, 0.05) is 6.04 Å². The molecule has 1 heteroatoms. The van der Waals surface area contributed by atoms with Crippen LogP contribution in [0.4, 0.5) is 0 Å². The third-order valence-electron chi connectivity index (χ3n) is 4.01. The molecule has 0 radical (unpaired) electrons. The Kier molecular flexibility index (Phi) is 3.27. The highest BCUT2D eigenvalue weighted by molar-refractivity contribution is 5.07.